The Morgan fingerprint density at radius 3 is 1.81 bits per heavy atom. The lowest BCUT2D eigenvalue weighted by atomic mass is 10.1. The molecule has 124 valence electrons. The normalized spacial score (nSPS) is 11.1. The number of hydrogen-bond acceptors (Lipinski definition) is 3. The maximum atomic E-state index is 10.6. The molecule has 0 atom stereocenters. The quantitative estimate of drug-likeness (QED) is 0.269. The third-order valence-corrected chi connectivity index (χ3v) is 3.53. The zero-order valence-electron chi connectivity index (χ0n) is 13.8. The summed E-state index contributed by atoms with van der Waals surface area (Å²) in [5.41, 5.74) is 0. The van der Waals surface area contributed by atoms with Gasteiger partial charge in [-0.3, -0.25) is 4.79 Å². The van der Waals surface area contributed by atoms with E-state index < -0.39 is 0 Å². The van der Waals surface area contributed by atoms with Crippen LogP contribution in [0.1, 0.15) is 84.0 Å². The minimum absolute atomic E-state index is 0.168. The largest absolute Gasteiger partial charge is 0.466 e. The topological polar surface area (TPSA) is 46.5 Å². The molecule has 0 aliphatic rings. The molecule has 0 aliphatic carbocycles. The van der Waals surface area contributed by atoms with Crippen LogP contribution in [0.5, 0.6) is 0 Å². The fourth-order valence-corrected chi connectivity index (χ4v) is 2.30. The monoisotopic (exact) mass is 298 g/mol. The molecule has 0 radical (unpaired) electrons. The average Bonchev–Trinajstić information content (AvgIpc) is 2.46. The second-order valence-electron chi connectivity index (χ2n) is 5.65. The van der Waals surface area contributed by atoms with Gasteiger partial charge in [0.05, 0.1) is 6.61 Å². The van der Waals surface area contributed by atoms with Crippen LogP contribution in [0.25, 0.3) is 0 Å². The van der Waals surface area contributed by atoms with Crippen LogP contribution in [0, 0.1) is 0 Å². The number of aliphatic hydroxyl groups excluding tert-OH is 1. The molecule has 21 heavy (non-hydrogen) atoms. The highest BCUT2D eigenvalue weighted by Gasteiger charge is 1.95. The zero-order chi connectivity index (χ0) is 15.6. The van der Waals surface area contributed by atoms with Gasteiger partial charge in [0.25, 0.3) is 0 Å². The summed E-state index contributed by atoms with van der Waals surface area (Å²) in [5, 5.41) is 8.62. The smallest absolute Gasteiger partial charge is 0.302 e. The first-order valence-corrected chi connectivity index (χ1v) is 8.66. The third-order valence-electron chi connectivity index (χ3n) is 3.53. The Morgan fingerprint density at radius 1 is 0.810 bits per heavy atom. The Hall–Kier alpha value is -0.830. The third kappa shape index (κ3) is 19.2. The van der Waals surface area contributed by atoms with E-state index in [1.807, 2.05) is 0 Å². The van der Waals surface area contributed by atoms with Gasteiger partial charge in [0.15, 0.2) is 0 Å². The highest BCUT2D eigenvalue weighted by molar-refractivity contribution is 5.65. The van der Waals surface area contributed by atoms with E-state index in [1.165, 1.54) is 64.7 Å². The number of carbonyl (C=O) groups is 1. The molecule has 0 saturated carbocycles. The number of hydrogen-bond donors (Lipinski definition) is 1. The van der Waals surface area contributed by atoms with Gasteiger partial charge in [0.1, 0.15) is 0 Å². The van der Waals surface area contributed by atoms with Crippen LogP contribution in [0.2, 0.25) is 0 Å². The molecule has 1 N–H and O–H groups in total. The summed E-state index contributed by atoms with van der Waals surface area (Å²) in [5.74, 6) is -0.168. The molecule has 0 rings (SSSR count). The van der Waals surface area contributed by atoms with E-state index in [-0.39, 0.29) is 12.6 Å². The van der Waals surface area contributed by atoms with E-state index in [0.717, 1.165) is 19.3 Å². The summed E-state index contributed by atoms with van der Waals surface area (Å²) in [6.07, 6.45) is 18.9. The summed E-state index contributed by atoms with van der Waals surface area (Å²) >= 11 is 0. The summed E-state index contributed by atoms with van der Waals surface area (Å²) in [6.45, 7) is 2.31. The summed E-state index contributed by atoms with van der Waals surface area (Å²) < 4.78 is 4.90. The molecule has 0 aromatic carbocycles. The van der Waals surface area contributed by atoms with Crippen LogP contribution in [-0.4, -0.2) is 24.3 Å². The molecule has 0 spiro atoms. The van der Waals surface area contributed by atoms with Crippen LogP contribution in [0.4, 0.5) is 0 Å². The Kier molecular flexibility index (Phi) is 16.5. The first kappa shape index (κ1) is 20.2. The number of esters is 1. The Bertz CT molecular complexity index is 249. The van der Waals surface area contributed by atoms with E-state index >= 15 is 0 Å². The van der Waals surface area contributed by atoms with E-state index in [1.54, 1.807) is 0 Å². The molecule has 3 nitrogen and oxygen atoms in total. The fourth-order valence-electron chi connectivity index (χ4n) is 2.30. The number of unbranched alkanes of at least 4 members (excludes halogenated alkanes) is 10. The van der Waals surface area contributed by atoms with E-state index in [0.29, 0.717) is 6.61 Å². The lowest BCUT2D eigenvalue weighted by molar-refractivity contribution is -0.141. The van der Waals surface area contributed by atoms with Gasteiger partial charge < -0.3 is 9.84 Å². The molecule has 3 heteroatoms. The SMILES string of the molecule is CC(=O)OCCCCCCCCCCCC/C=C/CCO. The van der Waals surface area contributed by atoms with E-state index in [9.17, 15) is 4.79 Å². The van der Waals surface area contributed by atoms with Crippen LogP contribution < -0.4 is 0 Å². The van der Waals surface area contributed by atoms with Crippen molar-refractivity contribution < 1.29 is 14.6 Å². The van der Waals surface area contributed by atoms with Crippen molar-refractivity contribution in [2.24, 2.45) is 0 Å². The second-order valence-corrected chi connectivity index (χ2v) is 5.65. The highest BCUT2D eigenvalue weighted by atomic mass is 16.5. The van der Waals surface area contributed by atoms with Gasteiger partial charge in [-0.05, 0) is 25.7 Å². The summed E-state index contributed by atoms with van der Waals surface area (Å²) in [7, 11) is 0. The molecule has 0 heterocycles. The van der Waals surface area contributed by atoms with E-state index in [4.69, 9.17) is 9.84 Å². The number of allylic oxidation sites excluding steroid dienone is 1. The van der Waals surface area contributed by atoms with Crippen molar-refractivity contribution in [1.29, 1.82) is 0 Å². The Balaban J connectivity index is 3.01. The van der Waals surface area contributed by atoms with Gasteiger partial charge >= 0.3 is 5.97 Å². The van der Waals surface area contributed by atoms with Crippen LogP contribution in [0.3, 0.4) is 0 Å². The minimum Gasteiger partial charge on any atom is -0.466 e. The fraction of sp³-hybridized carbons (Fsp3) is 0.833. The number of aliphatic hydroxyl groups is 1. The van der Waals surface area contributed by atoms with Crippen molar-refractivity contribution in [3.63, 3.8) is 0 Å². The van der Waals surface area contributed by atoms with Gasteiger partial charge in [0.2, 0.25) is 0 Å². The predicted octanol–water partition coefficient (Wildman–Crippen LogP) is 4.78. The standard InChI is InChI=1S/C18H34O3/c1-18(20)21-17-15-13-11-9-7-5-3-2-4-6-8-10-12-14-16-19/h10,12,19H,2-9,11,13-17H2,1H3/b12-10+. The Morgan fingerprint density at radius 2 is 1.29 bits per heavy atom. The molecule has 0 unspecified atom stereocenters. The van der Waals surface area contributed by atoms with Gasteiger partial charge in [0, 0.05) is 13.5 Å². The van der Waals surface area contributed by atoms with Crippen molar-refractivity contribution in [2.45, 2.75) is 84.0 Å². The first-order chi connectivity index (χ1) is 10.3. The molecule has 0 amide bonds. The molecule has 0 fully saturated rings. The number of ether oxygens (including phenoxy) is 1. The van der Waals surface area contributed by atoms with Crippen LogP contribution >= 0.6 is 0 Å². The van der Waals surface area contributed by atoms with Crippen LogP contribution in [0.15, 0.2) is 12.2 Å². The number of rotatable bonds is 15. The van der Waals surface area contributed by atoms with Gasteiger partial charge in [-0.25, -0.2) is 0 Å². The summed E-state index contributed by atoms with van der Waals surface area (Å²) in [6, 6.07) is 0. The minimum atomic E-state index is -0.168. The lowest BCUT2D eigenvalue weighted by Crippen LogP contribution is -2.00. The average molecular weight is 298 g/mol. The maximum absolute atomic E-state index is 10.6. The van der Waals surface area contributed by atoms with Gasteiger partial charge in [-0.15, -0.1) is 0 Å². The molecule has 0 saturated heterocycles. The van der Waals surface area contributed by atoms with Crippen molar-refractivity contribution in [2.75, 3.05) is 13.2 Å². The number of carbonyl (C=O) groups excluding carboxylic acids is 1. The highest BCUT2D eigenvalue weighted by Crippen LogP contribution is 2.11. The first-order valence-electron chi connectivity index (χ1n) is 8.66. The molecular weight excluding hydrogens is 264 g/mol. The molecule has 0 aromatic rings. The van der Waals surface area contributed by atoms with Gasteiger partial charge in [-0.1, -0.05) is 63.5 Å². The predicted molar refractivity (Wildman–Crippen MR) is 88.3 cm³/mol. The van der Waals surface area contributed by atoms with Gasteiger partial charge in [-0.2, -0.15) is 0 Å². The maximum Gasteiger partial charge on any atom is 0.302 e. The van der Waals surface area contributed by atoms with Crippen molar-refractivity contribution in [1.82, 2.24) is 0 Å². The zero-order valence-corrected chi connectivity index (χ0v) is 13.8. The van der Waals surface area contributed by atoms with E-state index in [2.05, 4.69) is 12.2 Å². The van der Waals surface area contributed by atoms with Crippen molar-refractivity contribution >= 4 is 5.97 Å². The molecule has 0 aromatic heterocycles. The van der Waals surface area contributed by atoms with Crippen molar-refractivity contribution in [3.05, 3.63) is 12.2 Å². The van der Waals surface area contributed by atoms with Crippen molar-refractivity contribution in [3.8, 4) is 0 Å². The molecular formula is C18H34O3. The molecule has 0 bridgehead atoms. The Labute approximate surface area is 130 Å². The lowest BCUT2D eigenvalue weighted by Gasteiger charge is -2.03. The van der Waals surface area contributed by atoms with Crippen LogP contribution in [-0.2, 0) is 9.53 Å². The second kappa shape index (κ2) is 17.2. The molecule has 0 aliphatic heterocycles. The summed E-state index contributed by atoms with van der Waals surface area (Å²) in [4.78, 5) is 10.6.